The predicted molar refractivity (Wildman–Crippen MR) is 68.0 cm³/mol. The van der Waals surface area contributed by atoms with E-state index in [0.717, 1.165) is 12.1 Å². The van der Waals surface area contributed by atoms with E-state index in [1.54, 1.807) is 7.11 Å². The van der Waals surface area contributed by atoms with Crippen LogP contribution in [0, 0.1) is 0 Å². The van der Waals surface area contributed by atoms with Crippen LogP contribution in [-0.4, -0.2) is 40.5 Å². The maximum absolute atomic E-state index is 12.4. The molecule has 0 N–H and O–H groups in total. The molecule has 1 aromatic carbocycles. The van der Waals surface area contributed by atoms with Gasteiger partial charge in [-0.1, -0.05) is 12.1 Å². The van der Waals surface area contributed by atoms with E-state index >= 15 is 0 Å². The number of halogens is 3. The number of rotatable bonds is 9. The third-order valence-electron chi connectivity index (χ3n) is 2.39. The molecule has 0 aliphatic rings. The zero-order chi connectivity index (χ0) is 14.1. The Morgan fingerprint density at radius 1 is 0.947 bits per heavy atom. The van der Waals surface area contributed by atoms with Crippen molar-refractivity contribution in [2.45, 2.75) is 6.42 Å². The van der Waals surface area contributed by atoms with Gasteiger partial charge in [-0.2, -0.15) is 0 Å². The molecule has 0 aromatic heterocycles. The summed E-state index contributed by atoms with van der Waals surface area (Å²) in [6, 6.07) is 4.72. The summed E-state index contributed by atoms with van der Waals surface area (Å²) in [5.74, 6) is 0.431. The lowest BCUT2D eigenvalue weighted by Crippen LogP contribution is -2.33. The Labute approximate surface area is 110 Å². The summed E-state index contributed by atoms with van der Waals surface area (Å²) in [6.07, 6.45) is 0.675. The molecule has 0 atom stereocenters. The van der Waals surface area contributed by atoms with Gasteiger partial charge in [0.15, 0.2) is 0 Å². The van der Waals surface area contributed by atoms with Crippen LogP contribution < -0.4 is 10.2 Å². The summed E-state index contributed by atoms with van der Waals surface area (Å²) in [4.78, 5) is 0. The van der Waals surface area contributed by atoms with E-state index in [1.807, 2.05) is 0 Å². The highest BCUT2D eigenvalue weighted by Gasteiger charge is 2.24. The minimum atomic E-state index is -4.94. The van der Waals surface area contributed by atoms with Crippen molar-refractivity contribution in [3.63, 3.8) is 0 Å². The maximum atomic E-state index is 12.4. The number of hydrogen-bond donors (Lipinski definition) is 0. The fourth-order valence-electron chi connectivity index (χ4n) is 1.38. The molecule has 0 fully saturated rings. The normalized spacial score (nSPS) is 11.6. The molecule has 7 heteroatoms. The van der Waals surface area contributed by atoms with Crippen molar-refractivity contribution in [3.8, 4) is 5.75 Å². The Morgan fingerprint density at radius 2 is 1.63 bits per heavy atom. The highest BCUT2D eigenvalue weighted by Crippen LogP contribution is 2.13. The number of hydrogen-bond acceptors (Lipinski definition) is 3. The van der Waals surface area contributed by atoms with Gasteiger partial charge < -0.3 is 27.2 Å². The van der Waals surface area contributed by atoms with Crippen molar-refractivity contribution in [2.24, 2.45) is 0 Å². The molecule has 0 saturated carbocycles. The van der Waals surface area contributed by atoms with E-state index in [4.69, 9.17) is 14.2 Å². The lowest BCUT2D eigenvalue weighted by molar-refractivity contribution is 0.0644. The van der Waals surface area contributed by atoms with Crippen molar-refractivity contribution >= 4 is 12.4 Å². The van der Waals surface area contributed by atoms with Gasteiger partial charge in [-0.05, 0) is 12.1 Å². The summed E-state index contributed by atoms with van der Waals surface area (Å²) in [6.45, 7) is -2.93. The highest BCUT2D eigenvalue weighted by atomic mass is 19.4. The van der Waals surface area contributed by atoms with Gasteiger partial charge in [0.25, 0.3) is 0 Å². The van der Waals surface area contributed by atoms with Crippen LogP contribution in [0.2, 0.25) is 0 Å². The average molecular weight is 277 g/mol. The molecular formula is C12H17BF3O3-. The quantitative estimate of drug-likeness (QED) is 0.511. The summed E-state index contributed by atoms with van der Waals surface area (Å²) in [5.41, 5.74) is -0.616. The number of methoxy groups -OCH3 is 1. The monoisotopic (exact) mass is 277 g/mol. The lowest BCUT2D eigenvalue weighted by Gasteiger charge is -2.15. The molecule has 0 radical (unpaired) electrons. The number of benzene rings is 1. The molecule has 0 bridgehead atoms. The van der Waals surface area contributed by atoms with Crippen LogP contribution in [-0.2, 0) is 9.47 Å². The molecule has 0 amide bonds. The zero-order valence-electron chi connectivity index (χ0n) is 10.8. The van der Waals surface area contributed by atoms with E-state index in [1.165, 1.54) is 12.1 Å². The summed E-state index contributed by atoms with van der Waals surface area (Å²) in [5, 5.41) is 0. The molecule has 0 aliphatic heterocycles. The Kier molecular flexibility index (Phi) is 6.73. The first-order valence-electron chi connectivity index (χ1n) is 6.03. The summed E-state index contributed by atoms with van der Waals surface area (Å²) < 4.78 is 52.4. The summed E-state index contributed by atoms with van der Waals surface area (Å²) in [7, 11) is 1.60. The largest absolute Gasteiger partial charge is 0.509 e. The van der Waals surface area contributed by atoms with Crippen LogP contribution in [0.25, 0.3) is 0 Å². The first-order chi connectivity index (χ1) is 9.04. The molecule has 0 aliphatic carbocycles. The van der Waals surface area contributed by atoms with Gasteiger partial charge in [0, 0.05) is 20.1 Å². The van der Waals surface area contributed by atoms with Gasteiger partial charge in [0.1, 0.15) is 5.75 Å². The third-order valence-corrected chi connectivity index (χ3v) is 2.39. The topological polar surface area (TPSA) is 27.7 Å². The molecule has 0 heterocycles. The first-order valence-corrected chi connectivity index (χ1v) is 6.03. The molecule has 1 rings (SSSR count). The minimum absolute atomic E-state index is 0.406. The van der Waals surface area contributed by atoms with E-state index in [2.05, 4.69) is 0 Å². The molecule has 108 valence electrons. The zero-order valence-corrected chi connectivity index (χ0v) is 10.8. The van der Waals surface area contributed by atoms with Crippen molar-refractivity contribution in [1.82, 2.24) is 0 Å². The van der Waals surface area contributed by atoms with Crippen molar-refractivity contribution in [1.29, 1.82) is 0 Å². The Bertz CT molecular complexity index is 354. The molecule has 0 saturated heterocycles. The number of ether oxygens (including phenoxy) is 3. The van der Waals surface area contributed by atoms with Crippen molar-refractivity contribution < 1.29 is 27.2 Å². The van der Waals surface area contributed by atoms with Crippen LogP contribution in [0.3, 0.4) is 0 Å². The molecule has 0 unspecified atom stereocenters. The maximum Gasteiger partial charge on any atom is 0.509 e. The van der Waals surface area contributed by atoms with Crippen LogP contribution in [0.1, 0.15) is 6.42 Å². The van der Waals surface area contributed by atoms with Gasteiger partial charge in [-0.15, -0.1) is 5.46 Å². The first kappa shape index (κ1) is 15.9. The Balaban J connectivity index is 2.20. The lowest BCUT2D eigenvalue weighted by atomic mass is 9.80. The van der Waals surface area contributed by atoms with E-state index < -0.39 is 12.4 Å². The smallest absolute Gasteiger partial charge is 0.494 e. The minimum Gasteiger partial charge on any atom is -0.494 e. The van der Waals surface area contributed by atoms with Gasteiger partial charge in [-0.25, -0.2) is 0 Å². The highest BCUT2D eigenvalue weighted by molar-refractivity contribution is 6.73. The van der Waals surface area contributed by atoms with E-state index in [0.29, 0.717) is 38.6 Å². The Hall–Kier alpha value is -1.21. The SMILES string of the molecule is COCCOCCCOc1ccc([B-](F)(F)F)cc1. The second-order valence-electron chi connectivity index (χ2n) is 3.95. The fraction of sp³-hybridized carbons (Fsp3) is 0.500. The van der Waals surface area contributed by atoms with Gasteiger partial charge >= 0.3 is 6.98 Å². The molecule has 0 spiro atoms. The molecule has 19 heavy (non-hydrogen) atoms. The van der Waals surface area contributed by atoms with Gasteiger partial charge in [-0.3, -0.25) is 0 Å². The van der Waals surface area contributed by atoms with Crippen molar-refractivity contribution in [3.05, 3.63) is 24.3 Å². The van der Waals surface area contributed by atoms with E-state index in [-0.39, 0.29) is 0 Å². The van der Waals surface area contributed by atoms with Crippen LogP contribution in [0.15, 0.2) is 24.3 Å². The molecule has 3 nitrogen and oxygen atoms in total. The van der Waals surface area contributed by atoms with Gasteiger partial charge in [0.05, 0.1) is 19.8 Å². The average Bonchev–Trinajstić information content (AvgIpc) is 2.37. The fourth-order valence-corrected chi connectivity index (χ4v) is 1.38. The standard InChI is InChI=1S/C12H17BF3O3/c1-17-9-10-18-7-2-8-19-12-5-3-11(4-6-12)13(14,15)16/h3-6H,2,7-10H2,1H3/q-1. The molecular weight excluding hydrogens is 260 g/mol. The van der Waals surface area contributed by atoms with E-state index in [9.17, 15) is 12.9 Å². The second-order valence-corrected chi connectivity index (χ2v) is 3.95. The van der Waals surface area contributed by atoms with Gasteiger partial charge in [0.2, 0.25) is 0 Å². The third kappa shape index (κ3) is 6.49. The second kappa shape index (κ2) is 8.06. The van der Waals surface area contributed by atoms with Crippen LogP contribution >= 0.6 is 0 Å². The van der Waals surface area contributed by atoms with Crippen LogP contribution in [0.4, 0.5) is 12.9 Å². The molecule has 1 aromatic rings. The summed E-state index contributed by atoms with van der Waals surface area (Å²) >= 11 is 0. The predicted octanol–water partition coefficient (Wildman–Crippen LogP) is 2.17. The van der Waals surface area contributed by atoms with Crippen LogP contribution in [0.5, 0.6) is 5.75 Å². The van der Waals surface area contributed by atoms with Crippen molar-refractivity contribution in [2.75, 3.05) is 33.5 Å². The Morgan fingerprint density at radius 3 is 2.21 bits per heavy atom.